The van der Waals surface area contributed by atoms with Gasteiger partial charge in [0.1, 0.15) is 11.8 Å². The van der Waals surface area contributed by atoms with Crippen LogP contribution in [0.1, 0.15) is 18.6 Å². The second-order valence-electron chi connectivity index (χ2n) is 4.96. The monoisotopic (exact) mass is 417 g/mol. The maximum Gasteiger partial charge on any atom is 0.348 e. The van der Waals surface area contributed by atoms with E-state index in [9.17, 15) is 10.1 Å². The molecule has 130 valence electrons. The van der Waals surface area contributed by atoms with E-state index in [0.717, 1.165) is 0 Å². The number of carbonyl (C=O) groups excluding carboxylic acids is 1. The third-order valence-electron chi connectivity index (χ3n) is 3.11. The van der Waals surface area contributed by atoms with E-state index in [-0.39, 0.29) is 20.8 Å². The molecule has 4 nitrogen and oxygen atoms in total. The van der Waals surface area contributed by atoms with Gasteiger partial charge in [-0.15, -0.1) is 0 Å². The topological polar surface area (TPSA) is 59.3 Å². The highest BCUT2D eigenvalue weighted by atomic mass is 35.5. The zero-order chi connectivity index (χ0) is 18.6. The van der Waals surface area contributed by atoms with Crippen molar-refractivity contribution < 1.29 is 14.3 Å². The maximum atomic E-state index is 12.2. The van der Waals surface area contributed by atoms with Crippen molar-refractivity contribution in [3.63, 3.8) is 0 Å². The molecule has 2 aromatic rings. The van der Waals surface area contributed by atoms with E-state index in [1.807, 2.05) is 6.07 Å². The molecule has 2 rings (SSSR count). The molecule has 0 aromatic heterocycles. The zero-order valence-corrected chi connectivity index (χ0v) is 15.8. The molecule has 8 heteroatoms. The smallest absolute Gasteiger partial charge is 0.348 e. The lowest BCUT2D eigenvalue weighted by molar-refractivity contribution is -0.154. The quantitative estimate of drug-likeness (QED) is 0.449. The van der Waals surface area contributed by atoms with E-state index in [4.69, 9.17) is 55.9 Å². The van der Waals surface area contributed by atoms with Crippen LogP contribution in [-0.4, -0.2) is 12.1 Å². The molecular weight excluding hydrogens is 408 g/mol. The summed E-state index contributed by atoms with van der Waals surface area (Å²) in [6.45, 7) is 1.47. The number of carbonyl (C=O) groups is 1. The summed E-state index contributed by atoms with van der Waals surface area (Å²) in [6.07, 6.45) is -2.13. The number of esters is 1. The van der Waals surface area contributed by atoms with Crippen LogP contribution in [0.4, 0.5) is 0 Å². The van der Waals surface area contributed by atoms with Crippen LogP contribution < -0.4 is 4.74 Å². The van der Waals surface area contributed by atoms with Crippen LogP contribution >= 0.6 is 46.4 Å². The van der Waals surface area contributed by atoms with Crippen LogP contribution in [0.5, 0.6) is 5.75 Å². The summed E-state index contributed by atoms with van der Waals surface area (Å²) in [7, 11) is 0. The van der Waals surface area contributed by atoms with Gasteiger partial charge in [0.25, 0.3) is 0 Å². The molecule has 0 radical (unpaired) electrons. The Labute approximate surface area is 164 Å². The lowest BCUT2D eigenvalue weighted by atomic mass is 10.1. The molecule has 0 aliphatic heterocycles. The molecule has 0 saturated heterocycles. The largest absolute Gasteiger partial charge is 0.477 e. The summed E-state index contributed by atoms with van der Waals surface area (Å²) in [4.78, 5) is 12.2. The second-order valence-corrected chi connectivity index (χ2v) is 6.62. The molecule has 0 amide bonds. The number of nitrogens with zero attached hydrogens (tertiary/aromatic N) is 1. The molecule has 0 aliphatic rings. The lowest BCUT2D eigenvalue weighted by Gasteiger charge is -2.18. The van der Waals surface area contributed by atoms with Crippen molar-refractivity contribution in [3.8, 4) is 11.8 Å². The fourth-order valence-electron chi connectivity index (χ4n) is 1.88. The van der Waals surface area contributed by atoms with Gasteiger partial charge < -0.3 is 9.47 Å². The highest BCUT2D eigenvalue weighted by molar-refractivity contribution is 6.43. The highest BCUT2D eigenvalue weighted by Crippen LogP contribution is 2.34. The molecule has 0 aliphatic carbocycles. The van der Waals surface area contributed by atoms with Gasteiger partial charge in [-0.25, -0.2) is 4.79 Å². The summed E-state index contributed by atoms with van der Waals surface area (Å²) in [5.74, 6) is -0.564. The predicted octanol–water partition coefficient (Wildman–Crippen LogP) is 5.88. The van der Waals surface area contributed by atoms with Crippen LogP contribution in [0.3, 0.4) is 0 Å². The Balaban J connectivity index is 2.09. The third kappa shape index (κ3) is 5.17. The minimum Gasteiger partial charge on any atom is -0.477 e. The summed E-state index contributed by atoms with van der Waals surface area (Å²) in [6, 6.07) is 11.2. The van der Waals surface area contributed by atoms with Crippen molar-refractivity contribution >= 4 is 52.4 Å². The number of halogens is 4. The molecule has 0 heterocycles. The van der Waals surface area contributed by atoms with Gasteiger partial charge in [0.05, 0.1) is 15.1 Å². The Morgan fingerprint density at radius 2 is 1.76 bits per heavy atom. The van der Waals surface area contributed by atoms with E-state index >= 15 is 0 Å². The van der Waals surface area contributed by atoms with Crippen LogP contribution in [0, 0.1) is 11.3 Å². The Hall–Kier alpha value is -1.64. The van der Waals surface area contributed by atoms with E-state index in [1.54, 1.807) is 24.3 Å². The van der Waals surface area contributed by atoms with Crippen LogP contribution in [0.25, 0.3) is 0 Å². The summed E-state index contributed by atoms with van der Waals surface area (Å²) in [5, 5.41) is 10.4. The number of benzene rings is 2. The summed E-state index contributed by atoms with van der Waals surface area (Å²) < 4.78 is 10.6. The Bertz CT molecular complexity index is 835. The molecule has 2 aromatic carbocycles. The average molecular weight is 419 g/mol. The van der Waals surface area contributed by atoms with Gasteiger partial charge in [0.15, 0.2) is 6.10 Å². The molecule has 0 saturated carbocycles. The number of hydrogen-bond donors (Lipinski definition) is 0. The van der Waals surface area contributed by atoms with Crippen molar-refractivity contribution in [1.29, 1.82) is 5.26 Å². The SMILES string of the molecule is CC(Oc1cc(Cl)c(Cl)cc1Cl)C(=O)OC(C#N)c1cccc(Cl)c1. The van der Waals surface area contributed by atoms with Crippen molar-refractivity contribution in [3.05, 3.63) is 62.1 Å². The van der Waals surface area contributed by atoms with Crippen molar-refractivity contribution in [2.24, 2.45) is 0 Å². The minimum absolute atomic E-state index is 0.178. The fourth-order valence-corrected chi connectivity index (χ4v) is 2.66. The molecule has 0 fully saturated rings. The van der Waals surface area contributed by atoms with Gasteiger partial charge in [-0.3, -0.25) is 0 Å². The molecular formula is C17H11Cl4NO3. The summed E-state index contributed by atoms with van der Waals surface area (Å²) >= 11 is 23.6. The van der Waals surface area contributed by atoms with Gasteiger partial charge in [0, 0.05) is 16.7 Å². The Morgan fingerprint density at radius 3 is 2.40 bits per heavy atom. The third-order valence-corrected chi connectivity index (χ3v) is 4.37. The van der Waals surface area contributed by atoms with Gasteiger partial charge in [-0.2, -0.15) is 5.26 Å². The van der Waals surface area contributed by atoms with Crippen molar-refractivity contribution in [2.45, 2.75) is 19.1 Å². The van der Waals surface area contributed by atoms with E-state index in [1.165, 1.54) is 19.1 Å². The minimum atomic E-state index is -1.11. The second kappa shape index (κ2) is 8.64. The average Bonchev–Trinajstić information content (AvgIpc) is 2.57. The number of ether oxygens (including phenoxy) is 2. The zero-order valence-electron chi connectivity index (χ0n) is 12.8. The lowest BCUT2D eigenvalue weighted by Crippen LogP contribution is -2.27. The van der Waals surface area contributed by atoms with Crippen LogP contribution in [0.2, 0.25) is 20.1 Å². The first-order chi connectivity index (χ1) is 11.8. The molecule has 0 N–H and O–H groups in total. The van der Waals surface area contributed by atoms with Crippen LogP contribution in [0.15, 0.2) is 36.4 Å². The molecule has 2 unspecified atom stereocenters. The van der Waals surface area contributed by atoms with Crippen molar-refractivity contribution in [2.75, 3.05) is 0 Å². The standard InChI is InChI=1S/C17H11Cl4NO3/c1-9(24-15-7-13(20)12(19)6-14(15)21)17(23)25-16(8-22)10-3-2-4-11(18)5-10/h2-7,9,16H,1H3. The first-order valence-electron chi connectivity index (χ1n) is 6.98. The van der Waals surface area contributed by atoms with E-state index in [2.05, 4.69) is 0 Å². The first kappa shape index (κ1) is 19.7. The van der Waals surface area contributed by atoms with Crippen LogP contribution in [-0.2, 0) is 9.53 Å². The number of hydrogen-bond acceptors (Lipinski definition) is 4. The normalized spacial score (nSPS) is 12.8. The van der Waals surface area contributed by atoms with Gasteiger partial charge in [-0.1, -0.05) is 58.5 Å². The molecule has 2 atom stereocenters. The highest BCUT2D eigenvalue weighted by Gasteiger charge is 2.23. The van der Waals surface area contributed by atoms with E-state index < -0.39 is 18.2 Å². The summed E-state index contributed by atoms with van der Waals surface area (Å²) in [5.41, 5.74) is 0.461. The predicted molar refractivity (Wildman–Crippen MR) is 97.5 cm³/mol. The first-order valence-corrected chi connectivity index (χ1v) is 8.49. The van der Waals surface area contributed by atoms with Gasteiger partial charge in [0.2, 0.25) is 6.10 Å². The van der Waals surface area contributed by atoms with E-state index in [0.29, 0.717) is 10.6 Å². The van der Waals surface area contributed by atoms with Gasteiger partial charge >= 0.3 is 5.97 Å². The van der Waals surface area contributed by atoms with Crippen molar-refractivity contribution in [1.82, 2.24) is 0 Å². The van der Waals surface area contributed by atoms with Gasteiger partial charge in [-0.05, 0) is 25.1 Å². The number of nitriles is 1. The number of rotatable bonds is 5. The molecule has 0 bridgehead atoms. The Morgan fingerprint density at radius 1 is 1.08 bits per heavy atom. The Kier molecular flexibility index (Phi) is 6.80. The molecule has 0 spiro atoms. The fraction of sp³-hybridized carbons (Fsp3) is 0.176. The molecule has 25 heavy (non-hydrogen) atoms. The maximum absolute atomic E-state index is 12.2.